The molecule has 0 bridgehead atoms. The van der Waals surface area contributed by atoms with Gasteiger partial charge in [-0.1, -0.05) is 6.08 Å². The van der Waals surface area contributed by atoms with E-state index in [-0.39, 0.29) is 23.4 Å². The highest BCUT2D eigenvalue weighted by Crippen LogP contribution is 2.29. The van der Waals surface area contributed by atoms with Crippen LogP contribution in [0.2, 0.25) is 0 Å². The summed E-state index contributed by atoms with van der Waals surface area (Å²) >= 11 is 0. The number of benzene rings is 1. The third-order valence-electron chi connectivity index (χ3n) is 3.85. The molecule has 0 unspecified atom stereocenters. The van der Waals surface area contributed by atoms with Crippen molar-refractivity contribution in [2.24, 2.45) is 0 Å². The van der Waals surface area contributed by atoms with E-state index in [1.165, 1.54) is 18.2 Å². The Morgan fingerprint density at radius 2 is 1.88 bits per heavy atom. The number of ether oxygens (including phenoxy) is 1. The molecule has 1 amide bonds. The van der Waals surface area contributed by atoms with Crippen LogP contribution in [0.1, 0.15) is 35.7 Å². The topological polar surface area (TPSA) is 133 Å². The van der Waals surface area contributed by atoms with Crippen LogP contribution in [0.5, 0.6) is 5.75 Å². The molecule has 0 radical (unpaired) electrons. The highest BCUT2D eigenvalue weighted by Gasteiger charge is 2.27. The lowest BCUT2D eigenvalue weighted by Gasteiger charge is -2.19. The number of carbonyl (C=O) groups is 3. The second-order valence-corrected chi connectivity index (χ2v) is 6.23. The summed E-state index contributed by atoms with van der Waals surface area (Å²) in [5.74, 6) is -2.68. The third-order valence-corrected chi connectivity index (χ3v) is 3.85. The van der Waals surface area contributed by atoms with Crippen LogP contribution in [-0.2, 0) is 14.3 Å². The number of aliphatic hydroxyl groups excluding tert-OH is 2. The highest BCUT2D eigenvalue weighted by molar-refractivity contribution is 6.04. The Bertz CT molecular complexity index is 756. The van der Waals surface area contributed by atoms with Crippen molar-refractivity contribution in [1.29, 1.82) is 0 Å². The molecule has 1 heterocycles. The van der Waals surface area contributed by atoms with Gasteiger partial charge in [0.05, 0.1) is 18.2 Å². The number of nitrogens with one attached hydrogen (secondary N) is 1. The summed E-state index contributed by atoms with van der Waals surface area (Å²) in [5.41, 5.74) is 0.399. The fraction of sp³-hybridized carbons (Fsp3) is 0.389. The number of fused-ring (bicyclic) bond motifs is 1. The fourth-order valence-electron chi connectivity index (χ4n) is 2.54. The van der Waals surface area contributed by atoms with E-state index >= 15 is 0 Å². The molecule has 0 spiro atoms. The zero-order valence-electron chi connectivity index (χ0n) is 14.4. The highest BCUT2D eigenvalue weighted by atomic mass is 16.5. The standard InChI is InChI=1S/C18H21NO7/c1-9-6-11-16(13(21)7-9)18(25)26-10(2)4-3-5-12(20)17(24)14(22)8-15(23)19-11/h3,5-7,10,14,17,21-22,24H,4,8H2,1-2H3,(H,19,23)/b5-3-/t10-,14-,17+/m0/s1. The van der Waals surface area contributed by atoms with Gasteiger partial charge in [0.1, 0.15) is 23.5 Å². The first-order valence-corrected chi connectivity index (χ1v) is 8.10. The lowest BCUT2D eigenvalue weighted by atomic mass is 10.0. The summed E-state index contributed by atoms with van der Waals surface area (Å²) in [6.45, 7) is 3.25. The maximum atomic E-state index is 12.4. The zero-order chi connectivity index (χ0) is 19.4. The van der Waals surface area contributed by atoms with E-state index in [0.717, 1.165) is 6.08 Å². The SMILES string of the molecule is Cc1cc(O)c2c(c1)NC(=O)C[C@H](O)[C@H](O)C(=O)/C=C\C[C@H](C)OC2=O. The van der Waals surface area contributed by atoms with Gasteiger partial charge in [0.15, 0.2) is 5.78 Å². The van der Waals surface area contributed by atoms with Crippen LogP contribution in [0.4, 0.5) is 5.69 Å². The van der Waals surface area contributed by atoms with Crippen LogP contribution in [0, 0.1) is 6.92 Å². The van der Waals surface area contributed by atoms with Crippen molar-refractivity contribution in [2.45, 2.75) is 45.0 Å². The van der Waals surface area contributed by atoms with Crippen LogP contribution in [0.3, 0.4) is 0 Å². The molecule has 26 heavy (non-hydrogen) atoms. The molecular formula is C18H21NO7. The molecule has 3 atom stereocenters. The Morgan fingerprint density at radius 1 is 1.19 bits per heavy atom. The van der Waals surface area contributed by atoms with Crippen LogP contribution in [0.25, 0.3) is 0 Å². The van der Waals surface area contributed by atoms with Crippen LogP contribution < -0.4 is 5.32 Å². The lowest BCUT2D eigenvalue weighted by molar-refractivity contribution is -0.130. The van der Waals surface area contributed by atoms with Crippen LogP contribution in [0.15, 0.2) is 24.3 Å². The molecule has 0 aliphatic carbocycles. The molecule has 0 saturated heterocycles. The molecule has 0 saturated carbocycles. The number of esters is 1. The Kier molecular flexibility index (Phi) is 6.12. The minimum Gasteiger partial charge on any atom is -0.507 e. The Labute approximate surface area is 150 Å². The number of cyclic esters (lactones) is 1. The second-order valence-electron chi connectivity index (χ2n) is 6.23. The van der Waals surface area contributed by atoms with Gasteiger partial charge >= 0.3 is 5.97 Å². The van der Waals surface area contributed by atoms with E-state index < -0.39 is 42.4 Å². The number of ketones is 1. The van der Waals surface area contributed by atoms with Crippen LogP contribution >= 0.6 is 0 Å². The number of hydrogen-bond donors (Lipinski definition) is 4. The maximum Gasteiger partial charge on any atom is 0.344 e. The second kappa shape index (κ2) is 8.11. The van der Waals surface area contributed by atoms with Crippen molar-refractivity contribution < 1.29 is 34.4 Å². The van der Waals surface area contributed by atoms with E-state index in [4.69, 9.17) is 4.74 Å². The smallest absolute Gasteiger partial charge is 0.344 e. The Hall–Kier alpha value is -2.71. The summed E-state index contributed by atoms with van der Waals surface area (Å²) < 4.78 is 5.24. The van der Waals surface area contributed by atoms with E-state index in [1.54, 1.807) is 13.8 Å². The van der Waals surface area contributed by atoms with E-state index in [0.29, 0.717) is 5.56 Å². The molecular weight excluding hydrogens is 342 g/mol. The Morgan fingerprint density at radius 3 is 2.58 bits per heavy atom. The van der Waals surface area contributed by atoms with Gasteiger partial charge in [-0.25, -0.2) is 4.79 Å². The van der Waals surface area contributed by atoms with Crippen molar-refractivity contribution in [1.82, 2.24) is 0 Å². The minimum absolute atomic E-state index is 0.0188. The molecule has 8 nitrogen and oxygen atoms in total. The molecule has 1 aliphatic heterocycles. The zero-order valence-corrected chi connectivity index (χ0v) is 14.4. The summed E-state index contributed by atoms with van der Waals surface area (Å²) in [6.07, 6.45) is -1.89. The van der Waals surface area contributed by atoms with E-state index in [9.17, 15) is 29.7 Å². The van der Waals surface area contributed by atoms with Gasteiger partial charge in [-0.05, 0) is 37.6 Å². The van der Waals surface area contributed by atoms with Gasteiger partial charge < -0.3 is 25.4 Å². The molecule has 1 aliphatic rings. The minimum atomic E-state index is -1.75. The average molecular weight is 363 g/mol. The molecule has 0 aromatic heterocycles. The third kappa shape index (κ3) is 4.68. The van der Waals surface area contributed by atoms with Gasteiger partial charge in [0.2, 0.25) is 5.91 Å². The quantitative estimate of drug-likeness (QED) is 0.502. The van der Waals surface area contributed by atoms with E-state index in [2.05, 4.69) is 5.32 Å². The number of phenolic OH excluding ortho intramolecular Hbond substituents is 1. The summed E-state index contributed by atoms with van der Waals surface area (Å²) in [7, 11) is 0. The van der Waals surface area contributed by atoms with E-state index in [1.807, 2.05) is 0 Å². The monoisotopic (exact) mass is 363 g/mol. The number of amides is 1. The number of carbonyl (C=O) groups excluding carboxylic acids is 3. The van der Waals surface area contributed by atoms with Crippen molar-refractivity contribution in [3.05, 3.63) is 35.4 Å². The van der Waals surface area contributed by atoms with Gasteiger partial charge in [0, 0.05) is 6.42 Å². The van der Waals surface area contributed by atoms with Gasteiger partial charge in [0.25, 0.3) is 0 Å². The van der Waals surface area contributed by atoms with Crippen molar-refractivity contribution in [3.8, 4) is 5.75 Å². The number of anilines is 1. The first-order valence-electron chi connectivity index (χ1n) is 8.10. The number of hydrogen-bond acceptors (Lipinski definition) is 7. The van der Waals surface area contributed by atoms with Crippen molar-refractivity contribution in [3.63, 3.8) is 0 Å². The first kappa shape index (κ1) is 19.6. The van der Waals surface area contributed by atoms with Gasteiger partial charge in [-0.15, -0.1) is 0 Å². The molecule has 4 N–H and O–H groups in total. The normalized spacial score (nSPS) is 26.3. The predicted molar refractivity (Wildman–Crippen MR) is 91.7 cm³/mol. The lowest BCUT2D eigenvalue weighted by Crippen LogP contribution is -2.36. The van der Waals surface area contributed by atoms with Crippen molar-refractivity contribution in [2.75, 3.05) is 5.32 Å². The largest absolute Gasteiger partial charge is 0.507 e. The van der Waals surface area contributed by atoms with Gasteiger partial charge in [-0.3, -0.25) is 9.59 Å². The predicted octanol–water partition coefficient (Wildman–Crippen LogP) is 0.825. The summed E-state index contributed by atoms with van der Waals surface area (Å²) in [6, 6.07) is 2.83. The van der Waals surface area contributed by atoms with Gasteiger partial charge in [-0.2, -0.15) is 0 Å². The van der Waals surface area contributed by atoms with Crippen LogP contribution in [-0.4, -0.2) is 51.3 Å². The number of aryl methyl sites for hydroxylation is 1. The summed E-state index contributed by atoms with van der Waals surface area (Å²) in [4.78, 5) is 36.3. The molecule has 8 heteroatoms. The number of rotatable bonds is 0. The Balaban J connectivity index is 2.43. The molecule has 1 aromatic carbocycles. The molecule has 0 fully saturated rings. The fourth-order valence-corrected chi connectivity index (χ4v) is 2.54. The maximum absolute atomic E-state index is 12.4. The molecule has 1 aromatic rings. The average Bonchev–Trinajstić information content (AvgIpc) is 2.51. The number of phenols is 1. The molecule has 140 valence electrons. The summed E-state index contributed by atoms with van der Waals surface area (Å²) in [5, 5.41) is 32.2. The number of aliphatic hydroxyl groups is 2. The van der Waals surface area contributed by atoms with Crippen molar-refractivity contribution >= 4 is 23.3 Å². The molecule has 2 rings (SSSR count). The number of aromatic hydroxyl groups is 1. The first-order chi connectivity index (χ1) is 12.2.